The van der Waals surface area contributed by atoms with E-state index in [0.29, 0.717) is 24.4 Å². The van der Waals surface area contributed by atoms with Gasteiger partial charge in [0.2, 0.25) is 15.9 Å². The van der Waals surface area contributed by atoms with Crippen LogP contribution in [0.4, 0.5) is 4.39 Å². The van der Waals surface area contributed by atoms with Crippen LogP contribution in [0.5, 0.6) is 0 Å². The summed E-state index contributed by atoms with van der Waals surface area (Å²) in [5.41, 5.74) is 0.932. The highest BCUT2D eigenvalue weighted by Crippen LogP contribution is 2.27. The molecule has 9 heteroatoms. The van der Waals surface area contributed by atoms with E-state index in [4.69, 9.17) is 23.2 Å². The van der Waals surface area contributed by atoms with Crippen molar-refractivity contribution in [2.75, 3.05) is 20.1 Å². The van der Waals surface area contributed by atoms with Crippen molar-refractivity contribution < 1.29 is 17.6 Å². The van der Waals surface area contributed by atoms with Gasteiger partial charge >= 0.3 is 0 Å². The van der Waals surface area contributed by atoms with Gasteiger partial charge in [-0.05, 0) is 48.7 Å². The molecule has 1 saturated heterocycles. The molecule has 2 aromatic carbocycles. The predicted molar refractivity (Wildman–Crippen MR) is 111 cm³/mol. The fourth-order valence-corrected chi connectivity index (χ4v) is 5.38. The summed E-state index contributed by atoms with van der Waals surface area (Å²) in [5.74, 6) is -0.938. The Bertz CT molecular complexity index is 1010. The van der Waals surface area contributed by atoms with Crippen LogP contribution in [-0.2, 0) is 21.4 Å². The lowest BCUT2D eigenvalue weighted by Gasteiger charge is -2.32. The SMILES string of the molecule is CN(Cc1cccc(Cl)c1)C(=O)C1CCN(S(=O)(=O)c2ccc(F)c(Cl)c2)CC1. The van der Waals surface area contributed by atoms with Gasteiger partial charge in [0.25, 0.3) is 0 Å². The summed E-state index contributed by atoms with van der Waals surface area (Å²) in [6.45, 7) is 0.878. The highest BCUT2D eigenvalue weighted by molar-refractivity contribution is 7.89. The Labute approximate surface area is 180 Å². The quantitative estimate of drug-likeness (QED) is 0.674. The van der Waals surface area contributed by atoms with E-state index < -0.39 is 15.8 Å². The second-order valence-corrected chi connectivity index (χ2v) is 9.86. The van der Waals surface area contributed by atoms with Crippen molar-refractivity contribution in [1.29, 1.82) is 0 Å². The van der Waals surface area contributed by atoms with Crippen LogP contribution in [0.25, 0.3) is 0 Å². The van der Waals surface area contributed by atoms with E-state index in [9.17, 15) is 17.6 Å². The summed E-state index contributed by atoms with van der Waals surface area (Å²) in [4.78, 5) is 14.4. The number of sulfonamides is 1. The molecule has 0 aliphatic carbocycles. The van der Waals surface area contributed by atoms with Crippen LogP contribution in [0.1, 0.15) is 18.4 Å². The Balaban J connectivity index is 1.62. The topological polar surface area (TPSA) is 57.7 Å². The Morgan fingerprint density at radius 2 is 1.86 bits per heavy atom. The highest BCUT2D eigenvalue weighted by atomic mass is 35.5. The van der Waals surface area contributed by atoms with E-state index in [-0.39, 0.29) is 34.8 Å². The van der Waals surface area contributed by atoms with Crippen molar-refractivity contribution in [2.24, 2.45) is 5.92 Å². The van der Waals surface area contributed by atoms with Crippen molar-refractivity contribution in [2.45, 2.75) is 24.3 Å². The number of halogens is 3. The summed E-state index contributed by atoms with van der Waals surface area (Å²) in [7, 11) is -2.05. The van der Waals surface area contributed by atoms with Gasteiger partial charge in [0.1, 0.15) is 5.82 Å². The van der Waals surface area contributed by atoms with Crippen LogP contribution < -0.4 is 0 Å². The smallest absolute Gasteiger partial charge is 0.243 e. The standard InChI is InChI=1S/C20H21Cl2FN2O3S/c1-24(13-14-3-2-4-16(21)11-14)20(26)15-7-9-25(10-8-15)29(27,28)17-5-6-19(23)18(22)12-17/h2-6,11-12,15H,7-10,13H2,1H3. The predicted octanol–water partition coefficient (Wildman–Crippen LogP) is 4.19. The Morgan fingerprint density at radius 1 is 1.17 bits per heavy atom. The van der Waals surface area contributed by atoms with Crippen molar-refractivity contribution in [3.63, 3.8) is 0 Å². The molecular formula is C20H21Cl2FN2O3S. The maximum Gasteiger partial charge on any atom is 0.243 e. The molecule has 3 rings (SSSR count). The molecule has 156 valence electrons. The molecule has 0 radical (unpaired) electrons. The van der Waals surface area contributed by atoms with Gasteiger partial charge in [0, 0.05) is 37.6 Å². The van der Waals surface area contributed by atoms with Crippen LogP contribution in [-0.4, -0.2) is 43.7 Å². The number of amides is 1. The fraction of sp³-hybridized carbons (Fsp3) is 0.350. The molecule has 0 aromatic heterocycles. The first-order valence-electron chi connectivity index (χ1n) is 9.13. The fourth-order valence-electron chi connectivity index (χ4n) is 3.43. The molecule has 0 N–H and O–H groups in total. The summed E-state index contributed by atoms with van der Waals surface area (Å²) in [5, 5.41) is 0.376. The highest BCUT2D eigenvalue weighted by Gasteiger charge is 2.33. The Morgan fingerprint density at radius 3 is 2.48 bits per heavy atom. The van der Waals surface area contributed by atoms with Gasteiger partial charge in [0.15, 0.2) is 0 Å². The minimum Gasteiger partial charge on any atom is -0.341 e. The molecule has 0 spiro atoms. The Kier molecular flexibility index (Phi) is 6.83. The minimum atomic E-state index is -3.78. The van der Waals surface area contributed by atoms with Crippen LogP contribution in [0.3, 0.4) is 0 Å². The molecule has 29 heavy (non-hydrogen) atoms. The van der Waals surface area contributed by atoms with Gasteiger partial charge in [-0.3, -0.25) is 4.79 Å². The second-order valence-electron chi connectivity index (χ2n) is 7.08. The molecular weight excluding hydrogens is 438 g/mol. The summed E-state index contributed by atoms with van der Waals surface area (Å²) < 4.78 is 40.2. The molecule has 0 bridgehead atoms. The maximum atomic E-state index is 13.3. The van der Waals surface area contributed by atoms with Gasteiger partial charge in [-0.2, -0.15) is 4.31 Å². The van der Waals surface area contributed by atoms with Crippen molar-refractivity contribution >= 4 is 39.1 Å². The van der Waals surface area contributed by atoms with Gasteiger partial charge < -0.3 is 4.90 Å². The zero-order chi connectivity index (χ0) is 21.2. The van der Waals surface area contributed by atoms with Gasteiger partial charge in [-0.15, -0.1) is 0 Å². The third-order valence-electron chi connectivity index (χ3n) is 5.02. The average molecular weight is 459 g/mol. The van der Waals surface area contributed by atoms with Gasteiger partial charge in [-0.25, -0.2) is 12.8 Å². The molecule has 5 nitrogen and oxygen atoms in total. The Hall–Kier alpha value is -1.67. The average Bonchev–Trinajstić information content (AvgIpc) is 2.69. The number of hydrogen-bond donors (Lipinski definition) is 0. The van der Waals surface area contributed by atoms with Crippen molar-refractivity contribution in [3.05, 3.63) is 63.9 Å². The summed E-state index contributed by atoms with van der Waals surface area (Å²) in [6, 6.07) is 10.7. The molecule has 0 saturated carbocycles. The molecule has 1 fully saturated rings. The lowest BCUT2D eigenvalue weighted by molar-refractivity contribution is -0.135. The number of benzene rings is 2. The first kappa shape index (κ1) is 22.0. The van der Waals surface area contributed by atoms with Crippen LogP contribution >= 0.6 is 23.2 Å². The van der Waals surface area contributed by atoms with E-state index in [0.717, 1.165) is 17.7 Å². The van der Waals surface area contributed by atoms with E-state index in [1.807, 2.05) is 18.2 Å². The van der Waals surface area contributed by atoms with E-state index in [1.165, 1.54) is 10.4 Å². The maximum absolute atomic E-state index is 13.3. The third kappa shape index (κ3) is 5.09. The molecule has 0 unspecified atom stereocenters. The number of rotatable bonds is 5. The molecule has 0 atom stereocenters. The van der Waals surface area contributed by atoms with Gasteiger partial charge in [0.05, 0.1) is 9.92 Å². The lowest BCUT2D eigenvalue weighted by Crippen LogP contribution is -2.43. The van der Waals surface area contributed by atoms with E-state index >= 15 is 0 Å². The minimum absolute atomic E-state index is 0.0214. The van der Waals surface area contributed by atoms with E-state index in [1.54, 1.807) is 18.0 Å². The lowest BCUT2D eigenvalue weighted by atomic mass is 9.96. The monoisotopic (exact) mass is 458 g/mol. The first-order chi connectivity index (χ1) is 13.7. The molecule has 1 aliphatic heterocycles. The molecule has 1 heterocycles. The van der Waals surface area contributed by atoms with Crippen LogP contribution in [0.2, 0.25) is 10.0 Å². The summed E-state index contributed by atoms with van der Waals surface area (Å²) in [6.07, 6.45) is 0.847. The van der Waals surface area contributed by atoms with Crippen molar-refractivity contribution in [3.8, 4) is 0 Å². The number of nitrogens with zero attached hydrogens (tertiary/aromatic N) is 2. The van der Waals surface area contributed by atoms with Gasteiger partial charge in [-0.1, -0.05) is 35.3 Å². The van der Waals surface area contributed by atoms with E-state index in [2.05, 4.69) is 0 Å². The number of carbonyl (C=O) groups is 1. The molecule has 1 aliphatic rings. The summed E-state index contributed by atoms with van der Waals surface area (Å²) >= 11 is 11.7. The van der Waals surface area contributed by atoms with Crippen LogP contribution in [0, 0.1) is 11.7 Å². The second kappa shape index (κ2) is 9.00. The van der Waals surface area contributed by atoms with Crippen LogP contribution in [0.15, 0.2) is 47.4 Å². The first-order valence-corrected chi connectivity index (χ1v) is 11.3. The normalized spacial score (nSPS) is 16.0. The zero-order valence-corrected chi connectivity index (χ0v) is 18.1. The zero-order valence-electron chi connectivity index (χ0n) is 15.8. The molecule has 2 aromatic rings. The number of piperidine rings is 1. The largest absolute Gasteiger partial charge is 0.341 e. The molecule has 1 amide bonds. The van der Waals surface area contributed by atoms with Crippen molar-refractivity contribution in [1.82, 2.24) is 9.21 Å². The third-order valence-corrected chi connectivity index (χ3v) is 7.44. The number of hydrogen-bond acceptors (Lipinski definition) is 3. The number of carbonyl (C=O) groups excluding carboxylic acids is 1.